The summed E-state index contributed by atoms with van der Waals surface area (Å²) in [5.74, 6) is -0.642. The number of benzene rings is 1. The van der Waals surface area contributed by atoms with Crippen molar-refractivity contribution in [3.05, 3.63) is 30.1 Å². The third-order valence-electron chi connectivity index (χ3n) is 3.18. The van der Waals surface area contributed by atoms with Crippen LogP contribution in [0.4, 0.5) is 4.39 Å². The van der Waals surface area contributed by atoms with Crippen molar-refractivity contribution < 1.29 is 17.5 Å². The van der Waals surface area contributed by atoms with Crippen LogP contribution in [0.3, 0.4) is 0 Å². The summed E-state index contributed by atoms with van der Waals surface area (Å²) in [6.07, 6.45) is 0.953. The fourth-order valence-electron chi connectivity index (χ4n) is 2.03. The monoisotopic (exact) mass is 307 g/mol. The molecule has 1 saturated heterocycles. The third kappa shape index (κ3) is 3.25. The Labute approximate surface area is 117 Å². The maximum atomic E-state index is 13.6. The van der Waals surface area contributed by atoms with Gasteiger partial charge in [-0.3, -0.25) is 0 Å². The Balaban J connectivity index is 2.28. The lowest BCUT2D eigenvalue weighted by Crippen LogP contribution is -2.53. The number of alkyl halides is 1. The van der Waals surface area contributed by atoms with Gasteiger partial charge in [-0.1, -0.05) is 12.1 Å². The molecule has 0 atom stereocenters. The molecule has 106 valence electrons. The van der Waals surface area contributed by atoms with Crippen molar-refractivity contribution in [2.45, 2.75) is 23.3 Å². The lowest BCUT2D eigenvalue weighted by atomic mass is 9.94. The maximum absolute atomic E-state index is 13.6. The number of sulfonamides is 1. The van der Waals surface area contributed by atoms with Crippen LogP contribution in [-0.4, -0.2) is 33.1 Å². The first kappa shape index (κ1) is 14.7. The van der Waals surface area contributed by atoms with Gasteiger partial charge in [-0.05, 0) is 25.0 Å². The van der Waals surface area contributed by atoms with E-state index in [1.807, 2.05) is 0 Å². The van der Waals surface area contributed by atoms with Gasteiger partial charge in [0, 0.05) is 19.1 Å². The van der Waals surface area contributed by atoms with Gasteiger partial charge in [0.15, 0.2) is 0 Å². The van der Waals surface area contributed by atoms with Crippen LogP contribution in [0.1, 0.15) is 12.8 Å². The fraction of sp³-hybridized carbons (Fsp3) is 0.500. The summed E-state index contributed by atoms with van der Waals surface area (Å²) in [4.78, 5) is -0.356. The third-order valence-corrected chi connectivity index (χ3v) is 5.31. The van der Waals surface area contributed by atoms with Crippen molar-refractivity contribution in [3.63, 3.8) is 0 Å². The van der Waals surface area contributed by atoms with E-state index in [2.05, 4.69) is 4.72 Å². The quantitative estimate of drug-likeness (QED) is 0.864. The highest BCUT2D eigenvalue weighted by molar-refractivity contribution is 7.89. The molecule has 0 aromatic heterocycles. The molecule has 1 N–H and O–H groups in total. The van der Waals surface area contributed by atoms with Gasteiger partial charge in [0.2, 0.25) is 10.0 Å². The zero-order valence-electron chi connectivity index (χ0n) is 10.2. The Bertz CT molecular complexity index is 544. The first-order valence-electron chi connectivity index (χ1n) is 5.91. The standard InChI is InChI=1S/C12H15ClFNO3S/c13-9-12(5-7-18-8-6-12)15-19(16,17)11-4-2-1-3-10(11)14/h1-4,15H,5-9H2. The van der Waals surface area contributed by atoms with E-state index >= 15 is 0 Å². The van der Waals surface area contributed by atoms with Crippen molar-refractivity contribution in [1.82, 2.24) is 4.72 Å². The average Bonchev–Trinajstić information content (AvgIpc) is 2.39. The molecule has 4 nitrogen and oxygen atoms in total. The molecule has 0 radical (unpaired) electrons. The molecular weight excluding hydrogens is 293 g/mol. The normalized spacial score (nSPS) is 19.3. The summed E-state index contributed by atoms with van der Waals surface area (Å²) in [5, 5.41) is 0. The maximum Gasteiger partial charge on any atom is 0.244 e. The zero-order valence-corrected chi connectivity index (χ0v) is 11.8. The predicted molar refractivity (Wildman–Crippen MR) is 70.2 cm³/mol. The van der Waals surface area contributed by atoms with Gasteiger partial charge in [0.1, 0.15) is 10.7 Å². The van der Waals surface area contributed by atoms with E-state index in [0.717, 1.165) is 6.07 Å². The second-order valence-corrected chi connectivity index (χ2v) is 6.48. The number of hydrogen-bond donors (Lipinski definition) is 1. The Morgan fingerprint density at radius 3 is 2.53 bits per heavy atom. The molecule has 0 bridgehead atoms. The molecule has 1 aliphatic heterocycles. The molecule has 2 rings (SSSR count). The molecule has 1 aromatic carbocycles. The van der Waals surface area contributed by atoms with Crippen LogP contribution in [0.2, 0.25) is 0 Å². The number of rotatable bonds is 4. The minimum Gasteiger partial charge on any atom is -0.381 e. The molecule has 0 unspecified atom stereocenters. The molecule has 0 spiro atoms. The second-order valence-electron chi connectivity index (χ2n) is 4.56. The first-order chi connectivity index (χ1) is 8.99. The van der Waals surface area contributed by atoms with Crippen molar-refractivity contribution in [2.24, 2.45) is 0 Å². The zero-order chi connectivity index (χ0) is 13.9. The van der Waals surface area contributed by atoms with Gasteiger partial charge >= 0.3 is 0 Å². The summed E-state index contributed by atoms with van der Waals surface area (Å²) >= 11 is 5.89. The highest BCUT2D eigenvalue weighted by Crippen LogP contribution is 2.25. The summed E-state index contributed by atoms with van der Waals surface area (Å²) in [6, 6.07) is 5.28. The van der Waals surface area contributed by atoms with Crippen molar-refractivity contribution >= 4 is 21.6 Å². The van der Waals surface area contributed by atoms with E-state index in [1.54, 1.807) is 0 Å². The van der Waals surface area contributed by atoms with Crippen LogP contribution >= 0.6 is 11.6 Å². The molecule has 0 aliphatic carbocycles. The smallest absolute Gasteiger partial charge is 0.244 e. The number of nitrogens with one attached hydrogen (secondary N) is 1. The average molecular weight is 308 g/mol. The van der Waals surface area contributed by atoms with E-state index < -0.39 is 21.4 Å². The minimum absolute atomic E-state index is 0.129. The fourth-order valence-corrected chi connectivity index (χ4v) is 3.98. The SMILES string of the molecule is O=S(=O)(NC1(CCl)CCOCC1)c1ccccc1F. The minimum atomic E-state index is -3.93. The summed E-state index contributed by atoms with van der Waals surface area (Å²) in [7, 11) is -3.93. The Morgan fingerprint density at radius 1 is 1.32 bits per heavy atom. The molecule has 0 saturated carbocycles. The molecular formula is C12H15ClFNO3S. The highest BCUT2D eigenvalue weighted by Gasteiger charge is 2.37. The molecule has 7 heteroatoms. The van der Waals surface area contributed by atoms with Gasteiger partial charge in [-0.2, -0.15) is 0 Å². The van der Waals surface area contributed by atoms with E-state index in [1.165, 1.54) is 18.2 Å². The van der Waals surface area contributed by atoms with Crippen molar-refractivity contribution in [2.75, 3.05) is 19.1 Å². The largest absolute Gasteiger partial charge is 0.381 e. The van der Waals surface area contributed by atoms with Crippen LogP contribution in [0.15, 0.2) is 29.2 Å². The summed E-state index contributed by atoms with van der Waals surface area (Å²) < 4.78 is 45.8. The molecule has 19 heavy (non-hydrogen) atoms. The van der Waals surface area contributed by atoms with Gasteiger partial charge < -0.3 is 4.74 Å². The number of halogens is 2. The van der Waals surface area contributed by atoms with E-state index in [4.69, 9.17) is 16.3 Å². The predicted octanol–water partition coefficient (Wildman–Crippen LogP) is 1.89. The van der Waals surface area contributed by atoms with Crippen molar-refractivity contribution in [1.29, 1.82) is 0 Å². The van der Waals surface area contributed by atoms with Crippen LogP contribution in [0.5, 0.6) is 0 Å². The second kappa shape index (κ2) is 5.75. The number of ether oxygens (including phenoxy) is 1. The van der Waals surface area contributed by atoms with Crippen LogP contribution < -0.4 is 4.72 Å². The van der Waals surface area contributed by atoms with E-state index in [0.29, 0.717) is 26.1 Å². The first-order valence-corrected chi connectivity index (χ1v) is 7.93. The molecule has 1 fully saturated rings. The van der Waals surface area contributed by atoms with Gasteiger partial charge in [0.25, 0.3) is 0 Å². The molecule has 0 amide bonds. The van der Waals surface area contributed by atoms with Crippen LogP contribution in [0, 0.1) is 5.82 Å². The lowest BCUT2D eigenvalue weighted by molar-refractivity contribution is 0.0549. The highest BCUT2D eigenvalue weighted by atomic mass is 35.5. The number of hydrogen-bond acceptors (Lipinski definition) is 3. The van der Waals surface area contributed by atoms with E-state index in [-0.39, 0.29) is 10.8 Å². The lowest BCUT2D eigenvalue weighted by Gasteiger charge is -2.35. The topological polar surface area (TPSA) is 55.4 Å². The summed E-state index contributed by atoms with van der Waals surface area (Å²) in [6.45, 7) is 0.874. The molecule has 1 aliphatic rings. The Morgan fingerprint density at radius 2 is 1.95 bits per heavy atom. The van der Waals surface area contributed by atoms with Gasteiger partial charge in [0.05, 0.1) is 5.54 Å². The van der Waals surface area contributed by atoms with Gasteiger partial charge in [-0.15, -0.1) is 11.6 Å². The van der Waals surface area contributed by atoms with Crippen molar-refractivity contribution in [3.8, 4) is 0 Å². The molecule has 1 aromatic rings. The van der Waals surface area contributed by atoms with Crippen LogP contribution in [0.25, 0.3) is 0 Å². The Kier molecular flexibility index (Phi) is 4.45. The van der Waals surface area contributed by atoms with E-state index in [9.17, 15) is 12.8 Å². The summed E-state index contributed by atoms with van der Waals surface area (Å²) in [5.41, 5.74) is -0.763. The van der Waals surface area contributed by atoms with Gasteiger partial charge in [-0.25, -0.2) is 17.5 Å². The molecule has 1 heterocycles. The van der Waals surface area contributed by atoms with Crippen LogP contribution in [-0.2, 0) is 14.8 Å². The Hall–Kier alpha value is -0.690.